The number of hydrogen-bond donors (Lipinski definition) is 1. The van der Waals surface area contributed by atoms with Crippen molar-refractivity contribution in [2.24, 2.45) is 5.92 Å². The monoisotopic (exact) mass is 173 g/mol. The van der Waals surface area contributed by atoms with Crippen LogP contribution in [-0.2, 0) is 4.79 Å². The summed E-state index contributed by atoms with van der Waals surface area (Å²) in [4.78, 5) is 10.9. The maximum absolute atomic E-state index is 10.9. The van der Waals surface area contributed by atoms with Crippen molar-refractivity contribution in [1.29, 1.82) is 0 Å². The van der Waals surface area contributed by atoms with Crippen LogP contribution in [0.1, 0.15) is 40.5 Å². The first-order valence-corrected chi connectivity index (χ1v) is 4.87. The second-order valence-corrected chi connectivity index (χ2v) is 2.61. The summed E-state index contributed by atoms with van der Waals surface area (Å²) in [6, 6.07) is 0. The molecule has 0 amide bonds. The third-order valence-corrected chi connectivity index (χ3v) is 1.81. The predicted molar refractivity (Wildman–Crippen MR) is 54.4 cm³/mol. The summed E-state index contributed by atoms with van der Waals surface area (Å²) in [5, 5.41) is 3.04. The minimum Gasteiger partial charge on any atom is -0.320 e. The number of hydrogen-bond acceptors (Lipinski definition) is 2. The molecule has 1 unspecified atom stereocenters. The van der Waals surface area contributed by atoms with Crippen molar-refractivity contribution in [3.63, 3.8) is 0 Å². The molecule has 0 aromatic rings. The highest BCUT2D eigenvalue weighted by atomic mass is 16.1. The first-order valence-electron chi connectivity index (χ1n) is 4.87. The lowest BCUT2D eigenvalue weighted by atomic mass is 9.98. The van der Waals surface area contributed by atoms with Gasteiger partial charge in [-0.25, -0.2) is 0 Å². The molecule has 0 heterocycles. The summed E-state index contributed by atoms with van der Waals surface area (Å²) >= 11 is 0. The summed E-state index contributed by atoms with van der Waals surface area (Å²) in [6.07, 6.45) is 1.94. The van der Waals surface area contributed by atoms with E-state index < -0.39 is 0 Å². The van der Waals surface area contributed by atoms with Gasteiger partial charge in [-0.3, -0.25) is 4.79 Å². The molecule has 0 aromatic carbocycles. The number of Topliss-reactive ketones (excluding diaryl/α,β-unsaturated/α-hetero) is 1. The fourth-order valence-electron chi connectivity index (χ4n) is 1.01. The lowest BCUT2D eigenvalue weighted by Gasteiger charge is -2.09. The van der Waals surface area contributed by atoms with E-state index in [4.69, 9.17) is 0 Å². The van der Waals surface area contributed by atoms with Gasteiger partial charge >= 0.3 is 0 Å². The average Bonchev–Trinajstić information content (AvgIpc) is 2.09. The molecule has 74 valence electrons. The smallest absolute Gasteiger partial charge is 0.132 e. The maximum atomic E-state index is 10.9. The van der Waals surface area contributed by atoms with Gasteiger partial charge in [0.2, 0.25) is 0 Å². The number of carbonyl (C=O) groups excluding carboxylic acids is 1. The van der Waals surface area contributed by atoms with Gasteiger partial charge in [-0.1, -0.05) is 20.8 Å². The highest BCUT2D eigenvalue weighted by molar-refractivity contribution is 5.78. The van der Waals surface area contributed by atoms with E-state index in [1.54, 1.807) is 6.92 Å². The average molecular weight is 173 g/mol. The quantitative estimate of drug-likeness (QED) is 0.691. The zero-order chi connectivity index (χ0) is 9.98. The zero-order valence-corrected chi connectivity index (χ0v) is 9.11. The van der Waals surface area contributed by atoms with Gasteiger partial charge in [-0.05, 0) is 33.4 Å². The third-order valence-electron chi connectivity index (χ3n) is 1.81. The van der Waals surface area contributed by atoms with Crippen molar-refractivity contribution in [3.05, 3.63) is 0 Å². The lowest BCUT2D eigenvalue weighted by molar-refractivity contribution is -0.120. The Morgan fingerprint density at radius 2 is 1.92 bits per heavy atom. The van der Waals surface area contributed by atoms with Crippen LogP contribution >= 0.6 is 0 Å². The molecule has 0 bridgehead atoms. The van der Waals surface area contributed by atoms with Crippen LogP contribution in [-0.4, -0.2) is 19.4 Å². The molecule has 0 saturated carbocycles. The van der Waals surface area contributed by atoms with Crippen LogP contribution in [0.5, 0.6) is 0 Å². The molecule has 1 N–H and O–H groups in total. The topological polar surface area (TPSA) is 29.1 Å². The van der Waals surface area contributed by atoms with E-state index in [0.717, 1.165) is 19.4 Å². The van der Waals surface area contributed by atoms with Gasteiger partial charge in [-0.2, -0.15) is 0 Å². The van der Waals surface area contributed by atoms with E-state index >= 15 is 0 Å². The Kier molecular flexibility index (Phi) is 12.6. The van der Waals surface area contributed by atoms with Crippen LogP contribution < -0.4 is 5.32 Å². The molecule has 1 atom stereocenters. The molecule has 2 nitrogen and oxygen atoms in total. The summed E-state index contributed by atoms with van der Waals surface area (Å²) in [6.45, 7) is 8.67. The van der Waals surface area contributed by atoms with E-state index in [0.29, 0.717) is 5.78 Å². The van der Waals surface area contributed by atoms with E-state index in [1.807, 2.05) is 20.9 Å². The third kappa shape index (κ3) is 7.73. The van der Waals surface area contributed by atoms with E-state index in [2.05, 4.69) is 12.2 Å². The van der Waals surface area contributed by atoms with Gasteiger partial charge in [0.05, 0.1) is 0 Å². The summed E-state index contributed by atoms with van der Waals surface area (Å²) < 4.78 is 0. The van der Waals surface area contributed by atoms with Crippen LogP contribution in [0.15, 0.2) is 0 Å². The Hall–Kier alpha value is -0.370. The summed E-state index contributed by atoms with van der Waals surface area (Å²) in [5.41, 5.74) is 0. The predicted octanol–water partition coefficient (Wildman–Crippen LogP) is 2.24. The van der Waals surface area contributed by atoms with Crippen molar-refractivity contribution in [2.45, 2.75) is 40.5 Å². The maximum Gasteiger partial charge on any atom is 0.132 e. The van der Waals surface area contributed by atoms with Crippen molar-refractivity contribution in [2.75, 3.05) is 13.6 Å². The van der Waals surface area contributed by atoms with Gasteiger partial charge in [0.1, 0.15) is 5.78 Å². The lowest BCUT2D eigenvalue weighted by Crippen LogP contribution is -2.17. The van der Waals surface area contributed by atoms with Crippen LogP contribution in [0.2, 0.25) is 0 Å². The second kappa shape index (κ2) is 10.6. The van der Waals surface area contributed by atoms with E-state index in [-0.39, 0.29) is 5.92 Å². The molecule has 0 aliphatic heterocycles. The molecule has 2 heteroatoms. The van der Waals surface area contributed by atoms with Crippen molar-refractivity contribution >= 4 is 5.78 Å². The van der Waals surface area contributed by atoms with Crippen molar-refractivity contribution in [3.8, 4) is 0 Å². The van der Waals surface area contributed by atoms with Gasteiger partial charge in [0.15, 0.2) is 0 Å². The van der Waals surface area contributed by atoms with Gasteiger partial charge in [0, 0.05) is 5.92 Å². The number of carbonyl (C=O) groups is 1. The zero-order valence-electron chi connectivity index (χ0n) is 9.11. The molecule has 0 fully saturated rings. The van der Waals surface area contributed by atoms with E-state index in [9.17, 15) is 4.79 Å². The fourth-order valence-corrected chi connectivity index (χ4v) is 1.01. The highest BCUT2D eigenvalue weighted by Crippen LogP contribution is 2.07. The molecule has 0 aromatic heterocycles. The Labute approximate surface area is 76.7 Å². The van der Waals surface area contributed by atoms with E-state index in [1.165, 1.54) is 0 Å². The standard InChI is InChI=1S/C8H17NO.C2H6/c1-4-8(7(2)10)5-6-9-3;1-2/h8-9H,4-6H2,1-3H3;1-2H3. The molecule has 0 aliphatic carbocycles. The molecular formula is C10H23NO. The Morgan fingerprint density at radius 3 is 2.17 bits per heavy atom. The van der Waals surface area contributed by atoms with Crippen molar-refractivity contribution in [1.82, 2.24) is 5.32 Å². The molecule has 12 heavy (non-hydrogen) atoms. The Bertz CT molecular complexity index is 102. The number of ketones is 1. The van der Waals surface area contributed by atoms with Crippen LogP contribution in [0.4, 0.5) is 0 Å². The molecule has 0 spiro atoms. The normalized spacial score (nSPS) is 11.4. The Balaban J connectivity index is 0. The molecule has 0 rings (SSSR count). The number of rotatable bonds is 5. The molecule has 0 aliphatic rings. The van der Waals surface area contributed by atoms with Crippen LogP contribution in [0.25, 0.3) is 0 Å². The largest absolute Gasteiger partial charge is 0.320 e. The summed E-state index contributed by atoms with van der Waals surface area (Å²) in [7, 11) is 1.91. The molecule has 0 radical (unpaired) electrons. The first kappa shape index (κ1) is 14.2. The second-order valence-electron chi connectivity index (χ2n) is 2.61. The highest BCUT2D eigenvalue weighted by Gasteiger charge is 2.09. The molecular weight excluding hydrogens is 150 g/mol. The van der Waals surface area contributed by atoms with Gasteiger partial charge in [0.25, 0.3) is 0 Å². The SMILES string of the molecule is CC.CCC(CCNC)C(C)=O. The van der Waals surface area contributed by atoms with Crippen LogP contribution in [0, 0.1) is 5.92 Å². The number of nitrogens with one attached hydrogen (secondary N) is 1. The first-order chi connectivity index (χ1) is 5.72. The Morgan fingerprint density at radius 1 is 1.42 bits per heavy atom. The van der Waals surface area contributed by atoms with Gasteiger partial charge < -0.3 is 5.32 Å². The minimum atomic E-state index is 0.271. The minimum absolute atomic E-state index is 0.271. The summed E-state index contributed by atoms with van der Waals surface area (Å²) in [5.74, 6) is 0.588. The van der Waals surface area contributed by atoms with Crippen molar-refractivity contribution < 1.29 is 4.79 Å². The van der Waals surface area contributed by atoms with Crippen LogP contribution in [0.3, 0.4) is 0 Å². The fraction of sp³-hybridized carbons (Fsp3) is 0.900. The van der Waals surface area contributed by atoms with Gasteiger partial charge in [-0.15, -0.1) is 0 Å². The molecule has 0 saturated heterocycles.